The number of H-pyrrole nitrogens is 2. The molecule has 2 N–H and O–H groups in total. The van der Waals surface area contributed by atoms with Crippen LogP contribution in [0.15, 0.2) is 11.0 Å². The number of imidazole rings is 1. The number of rotatable bonds is 2. The Labute approximate surface area is 94.5 Å². The molecule has 0 aromatic carbocycles. The highest BCUT2D eigenvalue weighted by molar-refractivity contribution is 9.09. The van der Waals surface area contributed by atoms with E-state index in [9.17, 15) is 4.79 Å². The van der Waals surface area contributed by atoms with Gasteiger partial charge in [-0.2, -0.15) is 0 Å². The van der Waals surface area contributed by atoms with Crippen LogP contribution >= 0.6 is 15.9 Å². The molecule has 2 aromatic heterocycles. The molecular weight excluding hydrogens is 260 g/mol. The fourth-order valence-electron chi connectivity index (χ4n) is 1.21. The van der Waals surface area contributed by atoms with Gasteiger partial charge in [0.05, 0.1) is 11.9 Å². The third-order valence-electron chi connectivity index (χ3n) is 2.26. The molecule has 0 aliphatic carbocycles. The van der Waals surface area contributed by atoms with Gasteiger partial charge in [-0.05, 0) is 0 Å². The van der Waals surface area contributed by atoms with Crippen molar-refractivity contribution in [3.8, 4) is 0 Å². The van der Waals surface area contributed by atoms with Gasteiger partial charge in [-0.1, -0.05) is 29.8 Å². The Kier molecular flexibility index (Phi) is 2.38. The summed E-state index contributed by atoms with van der Waals surface area (Å²) < 4.78 is 0. The van der Waals surface area contributed by atoms with E-state index in [1.165, 1.54) is 0 Å². The second-order valence-corrected chi connectivity index (χ2v) is 4.61. The second-order valence-electron chi connectivity index (χ2n) is 4.05. The first-order chi connectivity index (χ1) is 7.03. The van der Waals surface area contributed by atoms with Crippen molar-refractivity contribution < 1.29 is 0 Å². The number of alkyl halides is 1. The summed E-state index contributed by atoms with van der Waals surface area (Å²) in [5, 5.41) is 0.787. The Morgan fingerprint density at radius 3 is 2.73 bits per heavy atom. The third-order valence-corrected chi connectivity index (χ3v) is 3.67. The zero-order valence-electron chi connectivity index (χ0n) is 8.47. The van der Waals surface area contributed by atoms with E-state index in [1.807, 2.05) is 0 Å². The van der Waals surface area contributed by atoms with Crippen molar-refractivity contribution in [2.24, 2.45) is 0 Å². The van der Waals surface area contributed by atoms with Crippen LogP contribution in [0.2, 0.25) is 0 Å². The minimum Gasteiger partial charge on any atom is -0.289 e. The maximum Gasteiger partial charge on any atom is 0.326 e. The molecular formula is C9H11BrN4O. The minimum absolute atomic E-state index is 0.102. The number of fused-ring (bicyclic) bond motifs is 1. The molecule has 0 bridgehead atoms. The number of hydrogen-bond donors (Lipinski definition) is 2. The molecule has 0 radical (unpaired) electrons. The number of nitrogens with zero attached hydrogens (tertiary/aromatic N) is 2. The standard InChI is InChI=1S/C9H11BrN4O/c1-9(2,4-10)5-3-11-6-7(12-5)14-8(15)13-6/h3H,4H2,1-2H3,(H2,11,12,13,14,15). The molecule has 2 aromatic rings. The maximum atomic E-state index is 11.0. The molecule has 0 saturated heterocycles. The Morgan fingerprint density at radius 2 is 2.07 bits per heavy atom. The Bertz CT molecular complexity index is 542. The van der Waals surface area contributed by atoms with Crippen molar-refractivity contribution in [1.82, 2.24) is 19.9 Å². The summed E-state index contributed by atoms with van der Waals surface area (Å²) in [6.07, 6.45) is 1.69. The van der Waals surface area contributed by atoms with Gasteiger partial charge in [0.1, 0.15) is 0 Å². The number of aromatic nitrogens is 4. The third kappa shape index (κ3) is 1.81. The smallest absolute Gasteiger partial charge is 0.289 e. The molecule has 5 nitrogen and oxygen atoms in total. The van der Waals surface area contributed by atoms with Crippen LogP contribution < -0.4 is 5.69 Å². The van der Waals surface area contributed by atoms with Crippen LogP contribution in [0.25, 0.3) is 11.3 Å². The molecule has 0 fully saturated rings. The van der Waals surface area contributed by atoms with Crippen LogP contribution in [0.4, 0.5) is 0 Å². The predicted octanol–water partition coefficient (Wildman–Crippen LogP) is 1.32. The van der Waals surface area contributed by atoms with E-state index >= 15 is 0 Å². The first kappa shape index (κ1) is 10.4. The van der Waals surface area contributed by atoms with E-state index in [0.29, 0.717) is 11.3 Å². The lowest BCUT2D eigenvalue weighted by Gasteiger charge is -2.19. The van der Waals surface area contributed by atoms with E-state index in [4.69, 9.17) is 0 Å². The molecule has 2 rings (SSSR count). The lowest BCUT2D eigenvalue weighted by Crippen LogP contribution is -2.20. The number of hydrogen-bond acceptors (Lipinski definition) is 3. The summed E-state index contributed by atoms with van der Waals surface area (Å²) >= 11 is 3.43. The summed E-state index contributed by atoms with van der Waals surface area (Å²) in [5.41, 5.74) is 1.47. The lowest BCUT2D eigenvalue weighted by molar-refractivity contribution is 0.583. The zero-order valence-corrected chi connectivity index (χ0v) is 10.1. The Morgan fingerprint density at radius 1 is 1.40 bits per heavy atom. The van der Waals surface area contributed by atoms with Gasteiger partial charge in [0.2, 0.25) is 0 Å². The van der Waals surface area contributed by atoms with Crippen LogP contribution in [0, 0.1) is 0 Å². The number of halogens is 1. The molecule has 0 amide bonds. The van der Waals surface area contributed by atoms with Crippen LogP contribution in [-0.2, 0) is 5.41 Å². The van der Waals surface area contributed by atoms with Crippen molar-refractivity contribution >= 4 is 27.2 Å². The molecule has 80 valence electrons. The Hall–Kier alpha value is -1.17. The number of nitrogens with one attached hydrogen (secondary N) is 2. The largest absolute Gasteiger partial charge is 0.326 e. The molecule has 0 aliphatic heterocycles. The summed E-state index contributed by atoms with van der Waals surface area (Å²) in [4.78, 5) is 24.7. The van der Waals surface area contributed by atoms with Crippen LogP contribution in [0.3, 0.4) is 0 Å². The molecule has 0 saturated carbocycles. The quantitative estimate of drug-likeness (QED) is 0.809. The average Bonchev–Trinajstić information content (AvgIpc) is 2.56. The number of aromatic amines is 2. The predicted molar refractivity (Wildman–Crippen MR) is 61.3 cm³/mol. The van der Waals surface area contributed by atoms with E-state index in [1.54, 1.807) is 6.20 Å². The highest BCUT2D eigenvalue weighted by Gasteiger charge is 2.21. The normalized spacial score (nSPS) is 12.2. The van der Waals surface area contributed by atoms with Gasteiger partial charge in [-0.15, -0.1) is 0 Å². The fraction of sp³-hybridized carbons (Fsp3) is 0.444. The first-order valence-corrected chi connectivity index (χ1v) is 5.66. The Balaban J connectivity index is 2.60. The van der Waals surface area contributed by atoms with E-state index in [-0.39, 0.29) is 11.1 Å². The van der Waals surface area contributed by atoms with Gasteiger partial charge in [-0.3, -0.25) is 9.97 Å². The van der Waals surface area contributed by atoms with E-state index < -0.39 is 0 Å². The lowest BCUT2D eigenvalue weighted by atomic mass is 9.93. The fourth-order valence-corrected chi connectivity index (χ4v) is 1.50. The average molecular weight is 271 g/mol. The zero-order chi connectivity index (χ0) is 11.1. The van der Waals surface area contributed by atoms with Gasteiger partial charge < -0.3 is 0 Å². The minimum atomic E-state index is -0.279. The molecule has 0 atom stereocenters. The summed E-state index contributed by atoms with van der Waals surface area (Å²) in [6.45, 7) is 4.12. The summed E-state index contributed by atoms with van der Waals surface area (Å²) in [5.74, 6) is 0. The molecule has 0 aliphatic rings. The topological polar surface area (TPSA) is 74.4 Å². The summed E-state index contributed by atoms with van der Waals surface area (Å²) in [7, 11) is 0. The van der Waals surface area contributed by atoms with Gasteiger partial charge in [0, 0.05) is 10.7 Å². The highest BCUT2D eigenvalue weighted by atomic mass is 79.9. The van der Waals surface area contributed by atoms with Crippen LogP contribution in [-0.4, -0.2) is 25.3 Å². The SMILES string of the molecule is CC(C)(CBr)c1cnc2[nH]c(=O)[nH]c2n1. The van der Waals surface area contributed by atoms with Crippen molar-refractivity contribution in [3.63, 3.8) is 0 Å². The molecule has 0 spiro atoms. The van der Waals surface area contributed by atoms with Crippen molar-refractivity contribution in [3.05, 3.63) is 22.4 Å². The van der Waals surface area contributed by atoms with Crippen LogP contribution in [0.1, 0.15) is 19.5 Å². The van der Waals surface area contributed by atoms with Crippen molar-refractivity contribution in [2.45, 2.75) is 19.3 Å². The summed E-state index contributed by atoms with van der Waals surface area (Å²) in [6, 6.07) is 0. The monoisotopic (exact) mass is 270 g/mol. The molecule has 6 heteroatoms. The maximum absolute atomic E-state index is 11.0. The van der Waals surface area contributed by atoms with Gasteiger partial charge in [0.15, 0.2) is 11.3 Å². The molecule has 15 heavy (non-hydrogen) atoms. The molecule has 2 heterocycles. The van der Waals surface area contributed by atoms with Gasteiger partial charge in [0.25, 0.3) is 0 Å². The second kappa shape index (κ2) is 3.44. The van der Waals surface area contributed by atoms with Crippen LogP contribution in [0.5, 0.6) is 0 Å². The molecule has 0 unspecified atom stereocenters. The first-order valence-electron chi connectivity index (χ1n) is 4.54. The van der Waals surface area contributed by atoms with Crippen molar-refractivity contribution in [2.75, 3.05) is 5.33 Å². The van der Waals surface area contributed by atoms with Gasteiger partial charge >= 0.3 is 5.69 Å². The van der Waals surface area contributed by atoms with E-state index in [0.717, 1.165) is 11.0 Å². The van der Waals surface area contributed by atoms with Crippen molar-refractivity contribution in [1.29, 1.82) is 0 Å². The van der Waals surface area contributed by atoms with Gasteiger partial charge in [-0.25, -0.2) is 14.8 Å². The van der Waals surface area contributed by atoms with E-state index in [2.05, 4.69) is 49.7 Å². The highest BCUT2D eigenvalue weighted by Crippen LogP contribution is 2.23.